The Morgan fingerprint density at radius 3 is 3.12 bits per heavy atom. The van der Waals surface area contributed by atoms with E-state index in [-0.39, 0.29) is 5.82 Å². The molecular formula is C14H16N6O3S2. The van der Waals surface area contributed by atoms with E-state index in [2.05, 4.69) is 20.5 Å². The Balaban J connectivity index is 1.70. The van der Waals surface area contributed by atoms with Gasteiger partial charge in [0, 0.05) is 25.8 Å². The number of nitro groups is 1. The predicted molar refractivity (Wildman–Crippen MR) is 95.5 cm³/mol. The highest BCUT2D eigenvalue weighted by molar-refractivity contribution is 8.01. The van der Waals surface area contributed by atoms with E-state index in [1.807, 2.05) is 6.92 Å². The first kappa shape index (κ1) is 17.6. The van der Waals surface area contributed by atoms with Gasteiger partial charge in [0.05, 0.1) is 6.20 Å². The third kappa shape index (κ3) is 4.24. The van der Waals surface area contributed by atoms with E-state index in [9.17, 15) is 10.1 Å². The topological polar surface area (TPSA) is 107 Å². The molecule has 0 saturated carbocycles. The molecule has 0 aromatic carbocycles. The monoisotopic (exact) mass is 380 g/mol. The van der Waals surface area contributed by atoms with Crippen LogP contribution in [0.1, 0.15) is 13.3 Å². The van der Waals surface area contributed by atoms with Gasteiger partial charge in [0.1, 0.15) is 0 Å². The van der Waals surface area contributed by atoms with E-state index in [1.165, 1.54) is 15.7 Å². The minimum atomic E-state index is -0.434. The van der Waals surface area contributed by atoms with Crippen molar-refractivity contribution < 1.29 is 9.66 Å². The normalized spacial score (nSPS) is 11.1. The second-order valence-corrected chi connectivity index (χ2v) is 7.09. The molecule has 0 aliphatic heterocycles. The van der Waals surface area contributed by atoms with Crippen molar-refractivity contribution >= 4 is 39.7 Å². The summed E-state index contributed by atoms with van der Waals surface area (Å²) in [5.41, 5.74) is 0.524. The van der Waals surface area contributed by atoms with Crippen LogP contribution < -0.4 is 5.32 Å². The van der Waals surface area contributed by atoms with E-state index in [0.717, 1.165) is 24.7 Å². The van der Waals surface area contributed by atoms with Crippen molar-refractivity contribution in [1.29, 1.82) is 0 Å². The van der Waals surface area contributed by atoms with Crippen LogP contribution in [0.25, 0.3) is 5.65 Å². The largest absolute Gasteiger partial charge is 0.382 e. The number of ether oxygens (including phenoxy) is 1. The Kier molecular flexibility index (Phi) is 5.79. The smallest absolute Gasteiger partial charge is 0.362 e. The van der Waals surface area contributed by atoms with Crippen molar-refractivity contribution in [3.8, 4) is 0 Å². The van der Waals surface area contributed by atoms with Crippen molar-refractivity contribution in [2.45, 2.75) is 22.7 Å². The van der Waals surface area contributed by atoms with E-state index < -0.39 is 4.92 Å². The van der Waals surface area contributed by atoms with Crippen LogP contribution in [0.2, 0.25) is 0 Å². The van der Waals surface area contributed by atoms with Gasteiger partial charge in [0.15, 0.2) is 4.34 Å². The third-order valence-electron chi connectivity index (χ3n) is 3.18. The van der Waals surface area contributed by atoms with Crippen LogP contribution in [-0.4, -0.2) is 44.3 Å². The van der Waals surface area contributed by atoms with Gasteiger partial charge in [0.25, 0.3) is 0 Å². The number of hydrogen-bond donors (Lipinski definition) is 1. The fourth-order valence-electron chi connectivity index (χ4n) is 2.11. The maximum absolute atomic E-state index is 11.4. The number of pyridine rings is 1. The molecule has 3 rings (SSSR count). The molecule has 0 atom stereocenters. The van der Waals surface area contributed by atoms with Gasteiger partial charge >= 0.3 is 5.82 Å². The molecule has 3 aromatic rings. The van der Waals surface area contributed by atoms with Gasteiger partial charge in [-0.1, -0.05) is 17.4 Å². The Labute approximate surface area is 151 Å². The molecule has 1 N–H and O–H groups in total. The van der Waals surface area contributed by atoms with Crippen molar-refractivity contribution in [1.82, 2.24) is 19.6 Å². The zero-order valence-electron chi connectivity index (χ0n) is 13.4. The van der Waals surface area contributed by atoms with Gasteiger partial charge in [-0.25, -0.2) is 0 Å². The number of fused-ring (bicyclic) bond motifs is 1. The molecule has 3 aromatic heterocycles. The minimum Gasteiger partial charge on any atom is -0.382 e. The lowest BCUT2D eigenvalue weighted by Crippen LogP contribution is -2.05. The highest BCUT2D eigenvalue weighted by Crippen LogP contribution is 2.37. The number of rotatable bonds is 9. The lowest BCUT2D eigenvalue weighted by Gasteiger charge is -2.01. The van der Waals surface area contributed by atoms with E-state index in [0.29, 0.717) is 33.4 Å². The molecule has 0 amide bonds. The van der Waals surface area contributed by atoms with Crippen LogP contribution in [0.15, 0.2) is 33.8 Å². The maximum atomic E-state index is 11.4. The first-order chi connectivity index (χ1) is 12.2. The molecule has 3 heterocycles. The van der Waals surface area contributed by atoms with Crippen LogP contribution in [-0.2, 0) is 4.74 Å². The second-order valence-electron chi connectivity index (χ2n) is 4.88. The Bertz CT molecular complexity index is 865. The average molecular weight is 380 g/mol. The van der Waals surface area contributed by atoms with Gasteiger partial charge in [-0.05, 0) is 36.1 Å². The number of nitrogens with one attached hydrogen (secondary N) is 1. The van der Waals surface area contributed by atoms with Crippen molar-refractivity contribution in [3.05, 3.63) is 34.5 Å². The Morgan fingerprint density at radius 2 is 2.32 bits per heavy atom. The zero-order valence-corrected chi connectivity index (χ0v) is 15.0. The van der Waals surface area contributed by atoms with E-state index >= 15 is 0 Å². The minimum absolute atomic E-state index is 0.0676. The zero-order chi connectivity index (χ0) is 17.6. The number of aromatic nitrogens is 4. The molecule has 0 spiro atoms. The summed E-state index contributed by atoms with van der Waals surface area (Å²) in [6, 6.07) is 5.24. The summed E-state index contributed by atoms with van der Waals surface area (Å²) in [7, 11) is 0. The molecule has 25 heavy (non-hydrogen) atoms. The summed E-state index contributed by atoms with van der Waals surface area (Å²) < 4.78 is 7.32. The summed E-state index contributed by atoms with van der Waals surface area (Å²) in [5.74, 6) is -0.0676. The summed E-state index contributed by atoms with van der Waals surface area (Å²) in [6.45, 7) is 4.09. The van der Waals surface area contributed by atoms with Crippen molar-refractivity contribution in [3.63, 3.8) is 0 Å². The molecule has 0 saturated heterocycles. The summed E-state index contributed by atoms with van der Waals surface area (Å²) in [6.07, 6.45) is 2.49. The van der Waals surface area contributed by atoms with E-state index in [4.69, 9.17) is 4.74 Å². The predicted octanol–water partition coefficient (Wildman–Crippen LogP) is 3.08. The molecule has 9 nitrogen and oxygen atoms in total. The van der Waals surface area contributed by atoms with Crippen LogP contribution in [0.5, 0.6) is 0 Å². The molecule has 0 aliphatic rings. The van der Waals surface area contributed by atoms with Crippen LogP contribution >= 0.6 is 23.1 Å². The van der Waals surface area contributed by atoms with Gasteiger partial charge in [0.2, 0.25) is 15.8 Å². The summed E-state index contributed by atoms with van der Waals surface area (Å²) >= 11 is 2.48. The first-order valence-electron chi connectivity index (χ1n) is 7.63. The van der Waals surface area contributed by atoms with Gasteiger partial charge in [-0.2, -0.15) is 9.38 Å². The Morgan fingerprint density at radius 1 is 1.44 bits per heavy atom. The molecule has 0 aliphatic carbocycles. The average Bonchev–Trinajstić information content (AvgIpc) is 3.18. The molecule has 0 unspecified atom stereocenters. The fourth-order valence-corrected chi connectivity index (χ4v) is 3.91. The quantitative estimate of drug-likeness (QED) is 0.343. The maximum Gasteiger partial charge on any atom is 0.362 e. The SMILES string of the molecule is CCOCCCNc1nnc(Sc2nc3ccccn3c2[N+](=O)[O-])s1. The number of imidazole rings is 1. The second kappa shape index (κ2) is 8.23. The van der Waals surface area contributed by atoms with Crippen LogP contribution in [0.4, 0.5) is 10.9 Å². The first-order valence-corrected chi connectivity index (χ1v) is 9.26. The standard InChI is InChI=1S/C14H16N6O3S2/c1-2-23-9-5-7-15-13-17-18-14(25-13)24-11-12(20(21)22)19-8-4-3-6-10(19)16-11/h3-4,6,8H,2,5,7,9H2,1H3,(H,15,17). The molecular weight excluding hydrogens is 364 g/mol. The highest BCUT2D eigenvalue weighted by Gasteiger charge is 2.24. The molecule has 0 fully saturated rings. The van der Waals surface area contributed by atoms with Crippen molar-refractivity contribution in [2.24, 2.45) is 0 Å². The summed E-state index contributed by atoms with van der Waals surface area (Å²) in [4.78, 5) is 15.3. The molecule has 11 heteroatoms. The van der Waals surface area contributed by atoms with Crippen molar-refractivity contribution in [2.75, 3.05) is 25.1 Å². The lowest BCUT2D eigenvalue weighted by atomic mass is 10.4. The number of hydrogen-bond acceptors (Lipinski definition) is 9. The van der Waals surface area contributed by atoms with Gasteiger partial charge in [-0.15, -0.1) is 10.2 Å². The Hall–Kier alpha value is -2.24. The highest BCUT2D eigenvalue weighted by atomic mass is 32.2. The van der Waals surface area contributed by atoms with Gasteiger partial charge in [-0.3, -0.25) is 0 Å². The molecule has 0 radical (unpaired) electrons. The fraction of sp³-hybridized carbons (Fsp3) is 0.357. The third-order valence-corrected chi connectivity index (χ3v) is 5.08. The lowest BCUT2D eigenvalue weighted by molar-refractivity contribution is -0.393. The molecule has 132 valence electrons. The van der Waals surface area contributed by atoms with E-state index in [1.54, 1.807) is 24.4 Å². The van der Waals surface area contributed by atoms with Crippen LogP contribution in [0.3, 0.4) is 0 Å². The number of anilines is 1. The number of nitrogens with zero attached hydrogens (tertiary/aromatic N) is 5. The molecule has 0 bridgehead atoms. The van der Waals surface area contributed by atoms with Crippen LogP contribution in [0, 0.1) is 10.1 Å². The van der Waals surface area contributed by atoms with Gasteiger partial charge < -0.3 is 20.2 Å². The summed E-state index contributed by atoms with van der Waals surface area (Å²) in [5, 5.41) is 23.6.